The Morgan fingerprint density at radius 1 is 1.18 bits per heavy atom. The third-order valence-corrected chi connectivity index (χ3v) is 7.09. The number of aromatic nitrogens is 1. The molecule has 0 amide bonds. The van der Waals surface area contributed by atoms with Gasteiger partial charge in [0.25, 0.3) is 5.56 Å². The van der Waals surface area contributed by atoms with Gasteiger partial charge in [0.15, 0.2) is 16.3 Å². The minimum absolute atomic E-state index is 0.236. The molecule has 1 aliphatic heterocycles. The summed E-state index contributed by atoms with van der Waals surface area (Å²) < 4.78 is 18.7. The zero-order chi connectivity index (χ0) is 24.4. The lowest BCUT2D eigenvalue weighted by Crippen LogP contribution is -2.40. The van der Waals surface area contributed by atoms with E-state index in [1.165, 1.54) is 18.4 Å². The lowest BCUT2D eigenvalue weighted by atomic mass is 9.95. The Morgan fingerprint density at radius 3 is 2.53 bits per heavy atom. The molecule has 0 aliphatic carbocycles. The lowest BCUT2D eigenvalue weighted by Gasteiger charge is -2.25. The maximum atomic E-state index is 13.7. The number of halogens is 1. The topological polar surface area (TPSA) is 79.1 Å². The number of carbonyl (C=O) groups excluding carboxylic acids is 1. The summed E-state index contributed by atoms with van der Waals surface area (Å²) >= 11 is 4.77. The third-order valence-electron chi connectivity index (χ3n) is 5.52. The number of hydrogen-bond donors (Lipinski definition) is 0. The SMILES string of the molecule is CCC1=C(C(=O)OC)[C@H](c2ccccc2)n2c(s/c(=C/c3cc(Br)c(OC)c(OC)c3)c2=O)=N1. The van der Waals surface area contributed by atoms with Crippen LogP contribution in [0.5, 0.6) is 11.5 Å². The molecule has 2 heterocycles. The van der Waals surface area contributed by atoms with Crippen molar-refractivity contribution in [1.29, 1.82) is 0 Å². The van der Waals surface area contributed by atoms with E-state index in [0.29, 0.717) is 43.0 Å². The number of ether oxygens (including phenoxy) is 3. The number of allylic oxidation sites excluding steroid dienone is 1. The Kier molecular flexibility index (Phi) is 7.04. The first kappa shape index (κ1) is 24.0. The summed E-state index contributed by atoms with van der Waals surface area (Å²) in [6.45, 7) is 1.93. The van der Waals surface area contributed by atoms with Crippen LogP contribution in [0.4, 0.5) is 0 Å². The van der Waals surface area contributed by atoms with Crippen molar-refractivity contribution in [3.63, 3.8) is 0 Å². The second-order valence-corrected chi connectivity index (χ2v) is 9.30. The molecule has 0 unspecified atom stereocenters. The van der Waals surface area contributed by atoms with Crippen molar-refractivity contribution in [2.75, 3.05) is 21.3 Å². The lowest BCUT2D eigenvalue weighted by molar-refractivity contribution is -0.136. The van der Waals surface area contributed by atoms with Crippen LogP contribution in [0.25, 0.3) is 6.08 Å². The molecule has 1 aliphatic rings. The van der Waals surface area contributed by atoms with Crippen LogP contribution in [0.3, 0.4) is 0 Å². The highest BCUT2D eigenvalue weighted by Crippen LogP contribution is 2.36. The van der Waals surface area contributed by atoms with Crippen molar-refractivity contribution in [3.8, 4) is 11.5 Å². The molecule has 0 saturated carbocycles. The molecule has 0 fully saturated rings. The van der Waals surface area contributed by atoms with Gasteiger partial charge in [0, 0.05) is 0 Å². The number of benzene rings is 2. The Morgan fingerprint density at radius 2 is 1.91 bits per heavy atom. The number of thiazole rings is 1. The van der Waals surface area contributed by atoms with E-state index in [-0.39, 0.29) is 5.56 Å². The smallest absolute Gasteiger partial charge is 0.338 e. The maximum absolute atomic E-state index is 13.7. The monoisotopic (exact) mass is 542 g/mol. The van der Waals surface area contributed by atoms with Crippen molar-refractivity contribution >= 4 is 39.3 Å². The van der Waals surface area contributed by atoms with Gasteiger partial charge in [-0.2, -0.15) is 0 Å². The molecule has 0 N–H and O–H groups in total. The van der Waals surface area contributed by atoms with Crippen molar-refractivity contribution in [3.05, 3.63) is 89.0 Å². The Labute approximate surface area is 208 Å². The first-order valence-corrected chi connectivity index (χ1v) is 12.1. The Balaban J connectivity index is 1.98. The maximum Gasteiger partial charge on any atom is 0.338 e. The average Bonchev–Trinajstić information content (AvgIpc) is 3.16. The largest absolute Gasteiger partial charge is 0.493 e. The molecule has 1 atom stereocenters. The van der Waals surface area contributed by atoms with E-state index >= 15 is 0 Å². The number of carbonyl (C=O) groups is 1. The summed E-state index contributed by atoms with van der Waals surface area (Å²) in [6, 6.07) is 12.5. The summed E-state index contributed by atoms with van der Waals surface area (Å²) in [5.74, 6) is 0.618. The van der Waals surface area contributed by atoms with Crippen LogP contribution >= 0.6 is 27.3 Å². The highest BCUT2D eigenvalue weighted by atomic mass is 79.9. The van der Waals surface area contributed by atoms with E-state index in [4.69, 9.17) is 14.2 Å². The number of fused-ring (bicyclic) bond motifs is 1. The summed E-state index contributed by atoms with van der Waals surface area (Å²) in [6.07, 6.45) is 2.31. The van der Waals surface area contributed by atoms with Gasteiger partial charge >= 0.3 is 5.97 Å². The molecule has 4 rings (SSSR count). The highest BCUT2D eigenvalue weighted by Gasteiger charge is 2.33. The second-order valence-electron chi connectivity index (χ2n) is 7.44. The van der Waals surface area contributed by atoms with Crippen LogP contribution < -0.4 is 24.4 Å². The van der Waals surface area contributed by atoms with Crippen LogP contribution in [0.15, 0.2) is 68.0 Å². The molecule has 1 aromatic heterocycles. The Bertz CT molecular complexity index is 1460. The summed E-state index contributed by atoms with van der Waals surface area (Å²) in [4.78, 5) is 31.7. The van der Waals surface area contributed by atoms with Crippen LogP contribution in [-0.4, -0.2) is 31.9 Å². The predicted octanol–water partition coefficient (Wildman–Crippen LogP) is 3.58. The molecule has 34 heavy (non-hydrogen) atoms. The molecule has 176 valence electrons. The van der Waals surface area contributed by atoms with Crippen molar-refractivity contribution < 1.29 is 19.0 Å². The molecule has 3 aromatic rings. The van der Waals surface area contributed by atoms with E-state index in [9.17, 15) is 9.59 Å². The molecule has 7 nitrogen and oxygen atoms in total. The minimum atomic E-state index is -0.626. The number of rotatable bonds is 6. The fourth-order valence-electron chi connectivity index (χ4n) is 3.99. The molecule has 0 radical (unpaired) electrons. The number of esters is 1. The van der Waals surface area contributed by atoms with E-state index in [1.807, 2.05) is 43.3 Å². The van der Waals surface area contributed by atoms with Gasteiger partial charge in [0.05, 0.1) is 47.6 Å². The summed E-state index contributed by atoms with van der Waals surface area (Å²) in [7, 11) is 4.46. The number of methoxy groups -OCH3 is 3. The number of nitrogens with zero attached hydrogens (tertiary/aromatic N) is 2. The van der Waals surface area contributed by atoms with Crippen molar-refractivity contribution in [1.82, 2.24) is 4.57 Å². The summed E-state index contributed by atoms with van der Waals surface area (Å²) in [5.41, 5.74) is 2.32. The Hall–Kier alpha value is -3.17. The molecule has 0 saturated heterocycles. The van der Waals surface area contributed by atoms with E-state index < -0.39 is 12.0 Å². The zero-order valence-electron chi connectivity index (χ0n) is 19.1. The van der Waals surface area contributed by atoms with Gasteiger partial charge < -0.3 is 14.2 Å². The van der Waals surface area contributed by atoms with Crippen LogP contribution in [0.2, 0.25) is 0 Å². The van der Waals surface area contributed by atoms with Gasteiger partial charge in [0.1, 0.15) is 0 Å². The molecule has 2 aromatic carbocycles. The van der Waals surface area contributed by atoms with Crippen molar-refractivity contribution in [2.45, 2.75) is 19.4 Å². The zero-order valence-corrected chi connectivity index (χ0v) is 21.5. The van der Waals surface area contributed by atoms with E-state index in [0.717, 1.165) is 11.1 Å². The van der Waals surface area contributed by atoms with Crippen molar-refractivity contribution in [2.24, 2.45) is 4.99 Å². The van der Waals surface area contributed by atoms with Gasteiger partial charge in [-0.15, -0.1) is 0 Å². The summed E-state index contributed by atoms with van der Waals surface area (Å²) in [5, 5.41) is 0. The molecule has 0 bridgehead atoms. The standard InChI is InChI=1S/C25H23BrN2O5S/c1-5-17-20(24(30)33-4)21(15-9-7-6-8-10-15)28-23(29)19(34-25(28)27-17)13-14-11-16(26)22(32-3)18(12-14)31-2/h6-13,21H,5H2,1-4H3/b19-13+/t21-/m0/s1. The van der Waals surface area contributed by atoms with Crippen LogP contribution in [0, 0.1) is 0 Å². The number of hydrogen-bond acceptors (Lipinski definition) is 7. The fourth-order valence-corrected chi connectivity index (χ4v) is 5.63. The predicted molar refractivity (Wildman–Crippen MR) is 134 cm³/mol. The first-order chi connectivity index (χ1) is 16.4. The fraction of sp³-hybridized carbons (Fsp3) is 0.240. The normalized spacial score (nSPS) is 15.6. The van der Waals surface area contributed by atoms with Gasteiger partial charge in [0.2, 0.25) is 0 Å². The molecule has 9 heteroatoms. The molecular formula is C25H23BrN2O5S. The first-order valence-electron chi connectivity index (χ1n) is 10.5. The van der Waals surface area contributed by atoms with Gasteiger partial charge in [-0.05, 0) is 51.7 Å². The van der Waals surface area contributed by atoms with E-state index in [1.54, 1.807) is 30.9 Å². The molecule has 0 spiro atoms. The van der Waals surface area contributed by atoms with Gasteiger partial charge in [-0.1, -0.05) is 48.6 Å². The van der Waals surface area contributed by atoms with Crippen LogP contribution in [-0.2, 0) is 9.53 Å². The second kappa shape index (κ2) is 9.99. The molecular weight excluding hydrogens is 520 g/mol. The minimum Gasteiger partial charge on any atom is -0.493 e. The third kappa shape index (κ3) is 4.21. The van der Waals surface area contributed by atoms with Crippen LogP contribution in [0.1, 0.15) is 30.5 Å². The van der Waals surface area contributed by atoms with E-state index in [2.05, 4.69) is 20.9 Å². The average molecular weight is 543 g/mol. The van der Waals surface area contributed by atoms with Gasteiger partial charge in [-0.3, -0.25) is 9.36 Å². The van der Waals surface area contributed by atoms with Gasteiger partial charge in [-0.25, -0.2) is 9.79 Å². The highest BCUT2D eigenvalue weighted by molar-refractivity contribution is 9.10. The quantitative estimate of drug-likeness (QED) is 0.445.